The Morgan fingerprint density at radius 2 is 2.00 bits per heavy atom. The maximum absolute atomic E-state index is 10.2. The van der Waals surface area contributed by atoms with E-state index in [1.165, 1.54) is 32.4 Å². The van der Waals surface area contributed by atoms with Crippen LogP contribution in [0.3, 0.4) is 0 Å². The van der Waals surface area contributed by atoms with Crippen LogP contribution in [0.5, 0.6) is 0 Å². The van der Waals surface area contributed by atoms with Crippen molar-refractivity contribution in [2.24, 2.45) is 0 Å². The van der Waals surface area contributed by atoms with E-state index in [0.29, 0.717) is 0 Å². The first-order valence-corrected chi connectivity index (χ1v) is 6.97. The molecule has 0 bridgehead atoms. The van der Waals surface area contributed by atoms with Crippen LogP contribution >= 0.6 is 11.8 Å². The maximum atomic E-state index is 10.2. The number of aliphatic hydroxyl groups is 1. The molecule has 1 N–H and O–H groups in total. The highest BCUT2D eigenvalue weighted by molar-refractivity contribution is 7.99. The second kappa shape index (κ2) is 4.86. The predicted molar refractivity (Wildman–Crippen MR) is 61.8 cm³/mol. The Bertz CT molecular complexity index is 174. The number of rotatable bonds is 3. The third kappa shape index (κ3) is 2.88. The lowest BCUT2D eigenvalue weighted by atomic mass is 9.98. The highest BCUT2D eigenvalue weighted by atomic mass is 32.2. The summed E-state index contributed by atoms with van der Waals surface area (Å²) in [5.41, 5.74) is -0.331. The molecule has 2 aliphatic heterocycles. The van der Waals surface area contributed by atoms with E-state index in [1.807, 2.05) is 11.8 Å². The minimum Gasteiger partial charge on any atom is -0.389 e. The van der Waals surface area contributed by atoms with Gasteiger partial charge >= 0.3 is 0 Å². The van der Waals surface area contributed by atoms with Crippen molar-refractivity contribution in [3.8, 4) is 0 Å². The topological polar surface area (TPSA) is 23.5 Å². The normalized spacial score (nSPS) is 34.9. The maximum Gasteiger partial charge on any atom is 0.0757 e. The molecule has 0 aromatic rings. The summed E-state index contributed by atoms with van der Waals surface area (Å²) in [6, 6.07) is 0. The fourth-order valence-electron chi connectivity index (χ4n) is 2.34. The molecule has 3 heteroatoms. The van der Waals surface area contributed by atoms with E-state index >= 15 is 0 Å². The molecule has 0 spiro atoms. The van der Waals surface area contributed by atoms with Crippen molar-refractivity contribution in [3.05, 3.63) is 0 Å². The van der Waals surface area contributed by atoms with Crippen LogP contribution in [0, 0.1) is 0 Å². The summed E-state index contributed by atoms with van der Waals surface area (Å²) in [5.74, 6) is 2.11. The number of thioether (sulfide) groups is 1. The van der Waals surface area contributed by atoms with Gasteiger partial charge in [-0.2, -0.15) is 11.8 Å². The van der Waals surface area contributed by atoms with Crippen LogP contribution in [-0.4, -0.2) is 46.7 Å². The molecule has 0 saturated carbocycles. The van der Waals surface area contributed by atoms with Crippen LogP contribution in [0.2, 0.25) is 0 Å². The highest BCUT2D eigenvalue weighted by Crippen LogP contribution is 2.30. The first-order valence-electron chi connectivity index (χ1n) is 5.81. The predicted octanol–water partition coefficient (Wildman–Crippen LogP) is 1.73. The average molecular weight is 215 g/mol. The molecular weight excluding hydrogens is 194 g/mol. The molecule has 2 aliphatic rings. The molecule has 2 rings (SSSR count). The van der Waals surface area contributed by atoms with Crippen molar-refractivity contribution in [1.82, 2.24) is 4.90 Å². The van der Waals surface area contributed by atoms with Crippen LogP contribution < -0.4 is 0 Å². The van der Waals surface area contributed by atoms with E-state index in [4.69, 9.17) is 0 Å². The van der Waals surface area contributed by atoms with Gasteiger partial charge in [0.2, 0.25) is 0 Å². The summed E-state index contributed by atoms with van der Waals surface area (Å²) in [4.78, 5) is 2.52. The third-order valence-corrected chi connectivity index (χ3v) is 4.66. The van der Waals surface area contributed by atoms with E-state index in [-0.39, 0.29) is 5.60 Å². The van der Waals surface area contributed by atoms with Crippen molar-refractivity contribution in [2.75, 3.05) is 31.1 Å². The Labute approximate surface area is 91.1 Å². The first-order chi connectivity index (χ1) is 6.79. The molecule has 0 aromatic heterocycles. The number of hydrogen-bond donors (Lipinski definition) is 1. The number of likely N-dealkylation sites (tertiary alicyclic amines) is 1. The Balaban J connectivity index is 1.70. The molecule has 1 unspecified atom stereocenters. The van der Waals surface area contributed by atoms with Gasteiger partial charge in [0.1, 0.15) is 0 Å². The van der Waals surface area contributed by atoms with Crippen molar-refractivity contribution >= 4 is 11.8 Å². The highest BCUT2D eigenvalue weighted by Gasteiger charge is 2.31. The summed E-state index contributed by atoms with van der Waals surface area (Å²) in [6.07, 6.45) is 6.10. The molecule has 2 fully saturated rings. The summed E-state index contributed by atoms with van der Waals surface area (Å²) in [7, 11) is 0. The van der Waals surface area contributed by atoms with Crippen LogP contribution in [0.25, 0.3) is 0 Å². The van der Waals surface area contributed by atoms with Crippen LogP contribution in [0.4, 0.5) is 0 Å². The van der Waals surface area contributed by atoms with Gasteiger partial charge in [0.25, 0.3) is 0 Å². The smallest absolute Gasteiger partial charge is 0.0757 e. The Morgan fingerprint density at radius 3 is 2.64 bits per heavy atom. The lowest BCUT2D eigenvalue weighted by Crippen LogP contribution is -2.37. The van der Waals surface area contributed by atoms with Gasteiger partial charge in [-0.1, -0.05) is 6.42 Å². The second-order valence-electron chi connectivity index (χ2n) is 4.68. The molecule has 0 radical (unpaired) electrons. The van der Waals surface area contributed by atoms with Crippen molar-refractivity contribution in [1.29, 1.82) is 0 Å². The first kappa shape index (κ1) is 10.8. The summed E-state index contributed by atoms with van der Waals surface area (Å²) in [5, 5.41) is 10.2. The third-order valence-electron chi connectivity index (χ3n) is 3.42. The molecule has 2 saturated heterocycles. The monoisotopic (exact) mass is 215 g/mol. The Hall–Kier alpha value is 0.270. The van der Waals surface area contributed by atoms with Gasteiger partial charge in [-0.15, -0.1) is 0 Å². The van der Waals surface area contributed by atoms with E-state index in [0.717, 1.165) is 30.9 Å². The van der Waals surface area contributed by atoms with E-state index < -0.39 is 0 Å². The number of nitrogens with zero attached hydrogens (tertiary/aromatic N) is 1. The van der Waals surface area contributed by atoms with Gasteiger partial charge < -0.3 is 10.0 Å². The summed E-state index contributed by atoms with van der Waals surface area (Å²) in [6.45, 7) is 3.61. The van der Waals surface area contributed by atoms with Crippen LogP contribution in [0.15, 0.2) is 0 Å². The minimum atomic E-state index is -0.331. The molecular formula is C11H21NOS. The van der Waals surface area contributed by atoms with Gasteiger partial charge in [-0.3, -0.25) is 0 Å². The lowest BCUT2D eigenvalue weighted by molar-refractivity contribution is 0.0444. The van der Waals surface area contributed by atoms with E-state index in [1.54, 1.807) is 0 Å². The number of piperidine rings is 1. The molecule has 0 amide bonds. The Kier molecular flexibility index (Phi) is 3.74. The summed E-state index contributed by atoms with van der Waals surface area (Å²) < 4.78 is 0. The zero-order valence-corrected chi connectivity index (χ0v) is 9.69. The zero-order valence-electron chi connectivity index (χ0n) is 8.87. The lowest BCUT2D eigenvalue weighted by Gasteiger charge is -2.30. The van der Waals surface area contributed by atoms with Gasteiger partial charge in [-0.05, 0) is 44.5 Å². The fourth-order valence-corrected chi connectivity index (χ4v) is 3.68. The molecule has 2 nitrogen and oxygen atoms in total. The molecule has 0 aliphatic carbocycles. The van der Waals surface area contributed by atoms with Crippen molar-refractivity contribution in [2.45, 2.75) is 37.7 Å². The number of hydrogen-bond acceptors (Lipinski definition) is 3. The standard InChI is InChI=1S/C11H21NOS/c13-11(5-9-14-10-11)4-8-12-6-2-1-3-7-12/h13H,1-10H2. The summed E-state index contributed by atoms with van der Waals surface area (Å²) >= 11 is 1.90. The van der Waals surface area contributed by atoms with Crippen LogP contribution in [-0.2, 0) is 0 Å². The van der Waals surface area contributed by atoms with E-state index in [2.05, 4.69) is 4.90 Å². The van der Waals surface area contributed by atoms with Gasteiger partial charge in [0, 0.05) is 12.3 Å². The van der Waals surface area contributed by atoms with Gasteiger partial charge in [0.05, 0.1) is 5.60 Å². The zero-order chi connectivity index (χ0) is 9.86. The molecule has 1 atom stereocenters. The molecule has 0 aromatic carbocycles. The second-order valence-corrected chi connectivity index (χ2v) is 5.78. The fraction of sp³-hybridized carbons (Fsp3) is 1.00. The van der Waals surface area contributed by atoms with Gasteiger partial charge in [-0.25, -0.2) is 0 Å². The van der Waals surface area contributed by atoms with Gasteiger partial charge in [0.15, 0.2) is 0 Å². The van der Waals surface area contributed by atoms with E-state index in [9.17, 15) is 5.11 Å². The van der Waals surface area contributed by atoms with Crippen molar-refractivity contribution < 1.29 is 5.11 Å². The van der Waals surface area contributed by atoms with Crippen LogP contribution in [0.1, 0.15) is 32.1 Å². The average Bonchev–Trinajstić information content (AvgIpc) is 2.65. The Morgan fingerprint density at radius 1 is 1.21 bits per heavy atom. The molecule has 14 heavy (non-hydrogen) atoms. The largest absolute Gasteiger partial charge is 0.389 e. The minimum absolute atomic E-state index is 0.331. The van der Waals surface area contributed by atoms with Crippen molar-refractivity contribution in [3.63, 3.8) is 0 Å². The molecule has 2 heterocycles. The molecule has 82 valence electrons. The quantitative estimate of drug-likeness (QED) is 0.775. The SMILES string of the molecule is OC1(CCN2CCCCC2)CCSC1.